The number of pyridine rings is 2. The molecule has 1 aromatic carbocycles. The lowest BCUT2D eigenvalue weighted by Crippen LogP contribution is -2.20. The second kappa shape index (κ2) is 9.47. The largest absolute Gasteiger partial charge is 0.383 e. The van der Waals surface area contributed by atoms with Crippen molar-refractivity contribution in [2.45, 2.75) is 45.7 Å². The van der Waals surface area contributed by atoms with E-state index in [4.69, 9.17) is 0 Å². The van der Waals surface area contributed by atoms with Crippen LogP contribution in [-0.2, 0) is 0 Å². The fourth-order valence-corrected chi connectivity index (χ4v) is 3.95. The Labute approximate surface area is 215 Å². The van der Waals surface area contributed by atoms with Crippen molar-refractivity contribution >= 4 is 22.3 Å². The summed E-state index contributed by atoms with van der Waals surface area (Å²) in [7, 11) is 0. The Kier molecular flexibility index (Phi) is 5.85. The van der Waals surface area contributed by atoms with Gasteiger partial charge < -0.3 is 10.6 Å². The molecule has 0 aliphatic heterocycles. The van der Waals surface area contributed by atoms with E-state index in [1.807, 2.05) is 0 Å². The van der Waals surface area contributed by atoms with Crippen LogP contribution in [0.5, 0.6) is 0 Å². The summed E-state index contributed by atoms with van der Waals surface area (Å²) in [4.78, 5) is 8.13. The highest BCUT2D eigenvalue weighted by molar-refractivity contribution is 5.99. The SMILES string of the molecule is [2H][C@](Nc1cc(C#N)c2ncc(C#N)c(NCC(C)(C)C)c2c1)(c1ccc(F)nc1)c1cn(C2CC2)nn1. The highest BCUT2D eigenvalue weighted by atomic mass is 19.1. The maximum absolute atomic E-state index is 13.7. The molecule has 186 valence electrons. The highest BCUT2D eigenvalue weighted by Gasteiger charge is 2.27. The van der Waals surface area contributed by atoms with Gasteiger partial charge in [0.05, 0.1) is 42.0 Å². The molecule has 1 saturated carbocycles. The minimum atomic E-state index is -1.70. The van der Waals surface area contributed by atoms with Gasteiger partial charge in [0, 0.05) is 30.0 Å². The lowest BCUT2D eigenvalue weighted by molar-refractivity contribution is 0.443. The molecule has 4 aromatic rings. The first-order valence-electron chi connectivity index (χ1n) is 12.4. The number of halogens is 1. The van der Waals surface area contributed by atoms with Crippen LogP contribution in [0.4, 0.5) is 15.8 Å². The minimum Gasteiger partial charge on any atom is -0.383 e. The lowest BCUT2D eigenvalue weighted by atomic mass is 9.96. The monoisotopic (exact) mass is 496 g/mol. The molecule has 37 heavy (non-hydrogen) atoms. The Morgan fingerprint density at radius 3 is 2.59 bits per heavy atom. The number of hydrogen-bond acceptors (Lipinski definition) is 8. The molecule has 10 heteroatoms. The topological polar surface area (TPSA) is 128 Å². The molecular weight excluding hydrogens is 469 g/mol. The molecule has 9 nitrogen and oxygen atoms in total. The summed E-state index contributed by atoms with van der Waals surface area (Å²) in [5.41, 5.74) is 2.60. The van der Waals surface area contributed by atoms with E-state index >= 15 is 0 Å². The van der Waals surface area contributed by atoms with Crippen molar-refractivity contribution in [3.63, 3.8) is 0 Å². The van der Waals surface area contributed by atoms with Crippen LogP contribution in [0.15, 0.2) is 42.9 Å². The van der Waals surface area contributed by atoms with Gasteiger partial charge in [0.2, 0.25) is 5.95 Å². The Hall–Kier alpha value is -4.57. The summed E-state index contributed by atoms with van der Waals surface area (Å²) in [5, 5.41) is 35.3. The zero-order valence-electron chi connectivity index (χ0n) is 21.7. The van der Waals surface area contributed by atoms with Crippen molar-refractivity contribution in [1.82, 2.24) is 25.0 Å². The molecule has 1 atom stereocenters. The van der Waals surface area contributed by atoms with E-state index < -0.39 is 12.0 Å². The molecule has 1 fully saturated rings. The van der Waals surface area contributed by atoms with Crippen molar-refractivity contribution in [3.05, 3.63) is 71.2 Å². The molecule has 1 aliphatic rings. The van der Waals surface area contributed by atoms with Crippen LogP contribution < -0.4 is 10.6 Å². The van der Waals surface area contributed by atoms with Gasteiger partial charge in [-0.25, -0.2) is 9.67 Å². The van der Waals surface area contributed by atoms with Gasteiger partial charge in [-0.1, -0.05) is 32.1 Å². The lowest BCUT2D eigenvalue weighted by Gasteiger charge is -2.22. The predicted octanol–water partition coefficient (Wildman–Crippen LogP) is 5.10. The maximum Gasteiger partial charge on any atom is 0.212 e. The molecule has 0 spiro atoms. The van der Waals surface area contributed by atoms with Gasteiger partial charge >= 0.3 is 0 Å². The summed E-state index contributed by atoms with van der Waals surface area (Å²) in [6.07, 6.45) is 6.43. The predicted molar refractivity (Wildman–Crippen MR) is 137 cm³/mol. The average Bonchev–Trinajstić information content (AvgIpc) is 3.62. The maximum atomic E-state index is 13.7. The van der Waals surface area contributed by atoms with E-state index in [0.29, 0.717) is 45.6 Å². The first-order valence-corrected chi connectivity index (χ1v) is 11.9. The third-order valence-corrected chi connectivity index (χ3v) is 5.98. The molecule has 3 heterocycles. The number of nitriles is 2. The van der Waals surface area contributed by atoms with E-state index in [1.165, 1.54) is 24.5 Å². The number of rotatable bonds is 7. The molecule has 0 saturated heterocycles. The molecule has 0 bridgehead atoms. The summed E-state index contributed by atoms with van der Waals surface area (Å²) < 4.78 is 24.9. The van der Waals surface area contributed by atoms with Gasteiger partial charge in [-0.2, -0.15) is 14.9 Å². The van der Waals surface area contributed by atoms with Crippen LogP contribution in [0.2, 0.25) is 0 Å². The molecule has 0 unspecified atom stereocenters. The van der Waals surface area contributed by atoms with Crippen LogP contribution in [-0.4, -0.2) is 31.5 Å². The van der Waals surface area contributed by atoms with Gasteiger partial charge in [0.25, 0.3) is 0 Å². The van der Waals surface area contributed by atoms with Crippen molar-refractivity contribution in [2.24, 2.45) is 5.41 Å². The zero-order valence-corrected chi connectivity index (χ0v) is 20.7. The fraction of sp³-hybridized carbons (Fsp3) is 0.333. The number of fused-ring (bicyclic) bond motifs is 1. The molecule has 5 rings (SSSR count). The van der Waals surface area contributed by atoms with E-state index in [0.717, 1.165) is 12.8 Å². The summed E-state index contributed by atoms with van der Waals surface area (Å²) in [6.45, 7) is 6.80. The average molecular weight is 497 g/mol. The second-order valence-electron chi connectivity index (χ2n) is 10.3. The first-order chi connectivity index (χ1) is 18.1. The van der Waals surface area contributed by atoms with Gasteiger partial charge in [-0.15, -0.1) is 5.10 Å². The second-order valence-corrected chi connectivity index (χ2v) is 10.3. The van der Waals surface area contributed by atoms with Gasteiger partial charge in [0.15, 0.2) is 0 Å². The summed E-state index contributed by atoms with van der Waals surface area (Å²) in [5.74, 6) is -0.667. The van der Waals surface area contributed by atoms with Crippen LogP contribution in [0, 0.1) is 34.0 Å². The van der Waals surface area contributed by atoms with E-state index in [-0.39, 0.29) is 17.0 Å². The molecule has 2 N–H and O–H groups in total. The number of hydrogen-bond donors (Lipinski definition) is 2. The smallest absolute Gasteiger partial charge is 0.212 e. The summed E-state index contributed by atoms with van der Waals surface area (Å²) >= 11 is 0. The standard InChI is InChI=1S/C27H26FN9/c1-27(2,3)15-33-25-18(11-30)13-32-24-17(10-29)8-19(9-21(24)25)34-26(16-4-7-23(28)31-12-16)22-14-37(36-35-22)20-5-6-20/h4,7-9,12-14,20,26,34H,5-6,15H2,1-3H3,(H,32,33)/t26-/m0/s1/i26D. The Balaban J connectivity index is 1.65. The molecule has 1 aliphatic carbocycles. The number of nitrogens with zero attached hydrogens (tertiary/aromatic N) is 7. The quantitative estimate of drug-likeness (QED) is 0.338. The Bertz CT molecular complexity index is 1590. The van der Waals surface area contributed by atoms with E-state index in [9.17, 15) is 16.3 Å². The third kappa shape index (κ3) is 5.19. The van der Waals surface area contributed by atoms with Crippen molar-refractivity contribution in [1.29, 1.82) is 10.5 Å². The molecule has 3 aromatic heterocycles. The third-order valence-electron chi connectivity index (χ3n) is 5.98. The fourth-order valence-electron chi connectivity index (χ4n) is 3.95. The van der Waals surface area contributed by atoms with Crippen molar-refractivity contribution in [2.75, 3.05) is 17.2 Å². The van der Waals surface area contributed by atoms with E-state index in [1.54, 1.807) is 23.0 Å². The van der Waals surface area contributed by atoms with Crippen LogP contribution in [0.1, 0.15) is 69.4 Å². The van der Waals surface area contributed by atoms with Gasteiger partial charge in [-0.05, 0) is 42.0 Å². The Morgan fingerprint density at radius 1 is 1.16 bits per heavy atom. The van der Waals surface area contributed by atoms with Crippen molar-refractivity contribution in [3.8, 4) is 12.1 Å². The number of anilines is 2. The number of benzene rings is 1. The summed E-state index contributed by atoms with van der Waals surface area (Å²) in [6, 6.07) is 8.91. The highest BCUT2D eigenvalue weighted by Crippen LogP contribution is 2.36. The van der Waals surface area contributed by atoms with Crippen LogP contribution in [0.25, 0.3) is 10.9 Å². The normalized spacial score (nSPS) is 15.4. The first kappa shape index (κ1) is 22.9. The number of aromatic nitrogens is 5. The Morgan fingerprint density at radius 2 is 1.95 bits per heavy atom. The van der Waals surface area contributed by atoms with Crippen LogP contribution >= 0.6 is 0 Å². The van der Waals surface area contributed by atoms with Crippen LogP contribution in [0.3, 0.4) is 0 Å². The number of nitrogens with one attached hydrogen (secondary N) is 2. The molecular formula is C27H26FN9. The zero-order chi connectivity index (χ0) is 27.1. The van der Waals surface area contributed by atoms with Gasteiger partial charge in [-0.3, -0.25) is 4.98 Å². The van der Waals surface area contributed by atoms with E-state index in [2.05, 4.69) is 63.8 Å². The minimum absolute atomic E-state index is 0.0739. The van der Waals surface area contributed by atoms with Crippen molar-refractivity contribution < 1.29 is 5.76 Å². The van der Waals surface area contributed by atoms with Gasteiger partial charge in [0.1, 0.15) is 17.8 Å². The molecule has 0 radical (unpaired) electrons. The molecule has 0 amide bonds.